The molecule has 8 heteroatoms. The van der Waals surface area contributed by atoms with Crippen molar-refractivity contribution in [2.24, 2.45) is 0 Å². The van der Waals surface area contributed by atoms with Crippen molar-refractivity contribution in [3.8, 4) is 5.75 Å². The SMILES string of the molecule is COC(C)COc1ccc(S(=O)(=O)Cl)c(F)c1F. The monoisotopic (exact) mass is 300 g/mol. The van der Waals surface area contributed by atoms with Gasteiger partial charge in [0.1, 0.15) is 11.5 Å². The van der Waals surface area contributed by atoms with E-state index in [2.05, 4.69) is 0 Å². The molecule has 102 valence electrons. The van der Waals surface area contributed by atoms with Gasteiger partial charge in [0.2, 0.25) is 5.82 Å². The number of ether oxygens (including phenoxy) is 2. The molecule has 0 bridgehead atoms. The van der Waals surface area contributed by atoms with E-state index in [1.807, 2.05) is 0 Å². The Morgan fingerprint density at radius 2 is 1.94 bits per heavy atom. The molecule has 1 aromatic rings. The Morgan fingerprint density at radius 3 is 2.44 bits per heavy atom. The lowest BCUT2D eigenvalue weighted by Gasteiger charge is -2.12. The summed E-state index contributed by atoms with van der Waals surface area (Å²) < 4.78 is 58.6. The highest BCUT2D eigenvalue weighted by Gasteiger charge is 2.22. The Balaban J connectivity index is 3.02. The molecule has 0 spiro atoms. The normalized spacial score (nSPS) is 13.4. The Hall–Kier alpha value is -0.920. The van der Waals surface area contributed by atoms with Gasteiger partial charge in [-0.1, -0.05) is 0 Å². The number of hydrogen-bond acceptors (Lipinski definition) is 4. The fraction of sp³-hybridized carbons (Fsp3) is 0.400. The number of rotatable bonds is 5. The minimum atomic E-state index is -4.33. The van der Waals surface area contributed by atoms with E-state index in [0.29, 0.717) is 0 Å². The first-order chi connectivity index (χ1) is 8.27. The van der Waals surface area contributed by atoms with Crippen molar-refractivity contribution in [3.05, 3.63) is 23.8 Å². The first-order valence-electron chi connectivity index (χ1n) is 4.85. The van der Waals surface area contributed by atoms with Crippen molar-refractivity contribution >= 4 is 19.7 Å². The van der Waals surface area contributed by atoms with E-state index >= 15 is 0 Å². The van der Waals surface area contributed by atoms with Gasteiger partial charge >= 0.3 is 0 Å². The third kappa shape index (κ3) is 3.54. The van der Waals surface area contributed by atoms with Gasteiger partial charge in [-0.3, -0.25) is 0 Å². The van der Waals surface area contributed by atoms with Crippen molar-refractivity contribution < 1.29 is 26.7 Å². The average Bonchev–Trinajstić information content (AvgIpc) is 2.28. The number of benzene rings is 1. The summed E-state index contributed by atoms with van der Waals surface area (Å²) in [6.07, 6.45) is -0.316. The predicted molar refractivity (Wildman–Crippen MR) is 61.4 cm³/mol. The van der Waals surface area contributed by atoms with Crippen molar-refractivity contribution in [1.82, 2.24) is 0 Å². The molecule has 0 aromatic heterocycles. The van der Waals surface area contributed by atoms with Crippen LogP contribution in [0.4, 0.5) is 8.78 Å². The molecule has 0 aliphatic carbocycles. The van der Waals surface area contributed by atoms with Gasteiger partial charge in [-0.2, -0.15) is 4.39 Å². The molecule has 1 rings (SSSR count). The maximum atomic E-state index is 13.5. The highest BCUT2D eigenvalue weighted by molar-refractivity contribution is 8.13. The molecule has 0 amide bonds. The summed E-state index contributed by atoms with van der Waals surface area (Å²) in [4.78, 5) is -0.922. The quantitative estimate of drug-likeness (QED) is 0.783. The van der Waals surface area contributed by atoms with Crippen LogP contribution in [-0.4, -0.2) is 28.2 Å². The van der Waals surface area contributed by atoms with E-state index < -0.39 is 31.3 Å². The number of hydrogen-bond donors (Lipinski definition) is 0. The lowest BCUT2D eigenvalue weighted by molar-refractivity contribution is 0.0698. The van der Waals surface area contributed by atoms with E-state index in [4.69, 9.17) is 20.2 Å². The molecule has 4 nitrogen and oxygen atoms in total. The largest absolute Gasteiger partial charge is 0.488 e. The maximum Gasteiger partial charge on any atom is 0.264 e. The third-order valence-electron chi connectivity index (χ3n) is 2.15. The predicted octanol–water partition coefficient (Wildman–Crippen LogP) is 2.31. The molecule has 1 aromatic carbocycles. The average molecular weight is 301 g/mol. The smallest absolute Gasteiger partial charge is 0.264 e. The van der Waals surface area contributed by atoms with Crippen LogP contribution in [0.2, 0.25) is 0 Å². The highest BCUT2D eigenvalue weighted by Crippen LogP contribution is 2.27. The van der Waals surface area contributed by atoms with E-state index in [-0.39, 0.29) is 12.7 Å². The van der Waals surface area contributed by atoms with Crippen LogP contribution in [0.1, 0.15) is 6.92 Å². The first kappa shape index (κ1) is 15.1. The fourth-order valence-electron chi connectivity index (χ4n) is 1.09. The molecule has 0 N–H and O–H groups in total. The van der Waals surface area contributed by atoms with Gasteiger partial charge in [0.05, 0.1) is 6.10 Å². The minimum Gasteiger partial charge on any atom is -0.488 e. The lowest BCUT2D eigenvalue weighted by Crippen LogP contribution is -2.16. The van der Waals surface area contributed by atoms with Crippen molar-refractivity contribution in [2.75, 3.05) is 13.7 Å². The summed E-state index contributed by atoms with van der Waals surface area (Å²) in [5.41, 5.74) is 0. The summed E-state index contributed by atoms with van der Waals surface area (Å²) in [6, 6.07) is 1.84. The number of halogens is 3. The zero-order valence-corrected chi connectivity index (χ0v) is 11.2. The van der Waals surface area contributed by atoms with Crippen LogP contribution in [0, 0.1) is 11.6 Å². The van der Waals surface area contributed by atoms with Gasteiger partial charge in [0.15, 0.2) is 11.6 Å². The standard InChI is InChI=1S/C10H11ClF2O4S/c1-6(16-2)5-17-7-3-4-8(18(11,14)15)10(13)9(7)12/h3-4,6H,5H2,1-2H3. The molecule has 1 atom stereocenters. The topological polar surface area (TPSA) is 52.6 Å². The van der Waals surface area contributed by atoms with Crippen molar-refractivity contribution in [3.63, 3.8) is 0 Å². The van der Waals surface area contributed by atoms with Crippen molar-refractivity contribution in [2.45, 2.75) is 17.9 Å². The summed E-state index contributed by atoms with van der Waals surface area (Å²) >= 11 is 0. The second kappa shape index (κ2) is 5.81. The molecule has 18 heavy (non-hydrogen) atoms. The van der Waals surface area contributed by atoms with Crippen LogP contribution in [0.3, 0.4) is 0 Å². The van der Waals surface area contributed by atoms with Gasteiger partial charge in [0.25, 0.3) is 9.05 Å². The summed E-state index contributed by atoms with van der Waals surface area (Å²) in [5.74, 6) is -3.37. The zero-order chi connectivity index (χ0) is 13.9. The molecule has 0 fully saturated rings. The van der Waals surface area contributed by atoms with E-state index in [1.54, 1.807) is 6.92 Å². The second-order valence-electron chi connectivity index (χ2n) is 3.48. The lowest BCUT2D eigenvalue weighted by atomic mass is 10.3. The Labute approximate surface area is 108 Å². The molecule has 0 saturated heterocycles. The second-order valence-corrected chi connectivity index (χ2v) is 6.02. The molecule has 0 aliphatic rings. The molecular weight excluding hydrogens is 290 g/mol. The molecule has 1 unspecified atom stereocenters. The van der Waals surface area contributed by atoms with Crippen molar-refractivity contribution in [1.29, 1.82) is 0 Å². The molecular formula is C10H11ClF2O4S. The van der Waals surface area contributed by atoms with Gasteiger partial charge in [-0.25, -0.2) is 12.8 Å². The fourth-order valence-corrected chi connectivity index (χ4v) is 1.98. The van der Waals surface area contributed by atoms with Crippen LogP contribution >= 0.6 is 10.7 Å². The van der Waals surface area contributed by atoms with Crippen LogP contribution in [0.5, 0.6) is 5.75 Å². The number of methoxy groups -OCH3 is 1. The third-order valence-corrected chi connectivity index (χ3v) is 3.49. The van der Waals surface area contributed by atoms with Crippen LogP contribution < -0.4 is 4.74 Å². The van der Waals surface area contributed by atoms with E-state index in [9.17, 15) is 17.2 Å². The molecule has 0 radical (unpaired) electrons. The van der Waals surface area contributed by atoms with Gasteiger partial charge in [-0.15, -0.1) is 0 Å². The minimum absolute atomic E-state index is 0.000167. The van der Waals surface area contributed by atoms with E-state index in [0.717, 1.165) is 12.1 Å². The first-order valence-corrected chi connectivity index (χ1v) is 7.16. The van der Waals surface area contributed by atoms with E-state index in [1.165, 1.54) is 7.11 Å². The highest BCUT2D eigenvalue weighted by atomic mass is 35.7. The zero-order valence-electron chi connectivity index (χ0n) is 9.61. The summed E-state index contributed by atoms with van der Waals surface area (Å²) in [5, 5.41) is 0. The summed E-state index contributed by atoms with van der Waals surface area (Å²) in [7, 11) is 2.05. The van der Waals surface area contributed by atoms with Gasteiger partial charge < -0.3 is 9.47 Å². The Kier molecular flexibility index (Phi) is 4.89. The van der Waals surface area contributed by atoms with Gasteiger partial charge in [-0.05, 0) is 19.1 Å². The Bertz CT molecular complexity index is 533. The molecule has 0 aliphatic heterocycles. The molecule has 0 saturated carbocycles. The molecule has 0 heterocycles. The van der Waals surface area contributed by atoms with Crippen LogP contribution in [0.15, 0.2) is 17.0 Å². The van der Waals surface area contributed by atoms with Crippen LogP contribution in [-0.2, 0) is 13.8 Å². The van der Waals surface area contributed by atoms with Crippen LogP contribution in [0.25, 0.3) is 0 Å². The Morgan fingerprint density at radius 1 is 1.33 bits per heavy atom. The maximum absolute atomic E-state index is 13.5. The summed E-state index contributed by atoms with van der Waals surface area (Å²) in [6.45, 7) is 1.67. The van der Waals surface area contributed by atoms with Gasteiger partial charge in [0, 0.05) is 17.8 Å².